The molecule has 4 rings (SSSR count). The molecule has 0 saturated heterocycles. The number of carbonyl (C=O) groups excluding carboxylic acids is 2. The van der Waals surface area contributed by atoms with Crippen molar-refractivity contribution in [1.29, 1.82) is 0 Å². The first kappa shape index (κ1) is 21.2. The number of ether oxygens (including phenoxy) is 1. The molecule has 0 spiro atoms. The molecule has 9 heteroatoms. The number of fused-ring (bicyclic) bond motifs is 1. The molecule has 0 saturated carbocycles. The fourth-order valence-electron chi connectivity index (χ4n) is 2.94. The number of anilines is 1. The lowest BCUT2D eigenvalue weighted by atomic mass is 10.0. The van der Waals surface area contributed by atoms with E-state index < -0.39 is 11.9 Å². The number of rotatable bonds is 4. The van der Waals surface area contributed by atoms with Crippen molar-refractivity contribution >= 4 is 84.4 Å². The maximum Gasteiger partial charge on any atom is 0.341 e. The quantitative estimate of drug-likeness (QED) is 0.295. The van der Waals surface area contributed by atoms with E-state index in [1.165, 1.54) is 29.8 Å². The molecule has 0 bridgehead atoms. The maximum atomic E-state index is 13.0. The number of thiophene rings is 2. The van der Waals surface area contributed by atoms with Crippen molar-refractivity contribution in [3.8, 4) is 11.1 Å². The Morgan fingerprint density at radius 2 is 1.70 bits per heavy atom. The molecule has 0 radical (unpaired) electrons. The zero-order valence-electron chi connectivity index (χ0n) is 15.3. The number of benzene rings is 2. The van der Waals surface area contributed by atoms with Gasteiger partial charge in [-0.15, -0.1) is 22.7 Å². The summed E-state index contributed by atoms with van der Waals surface area (Å²) in [5.74, 6) is -0.960. The highest BCUT2D eigenvalue weighted by molar-refractivity contribution is 7.22. The smallest absolute Gasteiger partial charge is 0.341 e. The van der Waals surface area contributed by atoms with Crippen LogP contribution in [-0.2, 0) is 4.74 Å². The van der Waals surface area contributed by atoms with E-state index in [2.05, 4.69) is 5.32 Å². The average Bonchev–Trinajstić information content (AvgIpc) is 3.29. The fourth-order valence-corrected chi connectivity index (χ4v) is 5.71. The molecule has 1 N–H and O–H groups in total. The number of halogens is 3. The van der Waals surface area contributed by atoms with Crippen LogP contribution >= 0.6 is 57.5 Å². The molecule has 0 aliphatic heterocycles. The lowest BCUT2D eigenvalue weighted by molar-refractivity contribution is 0.0603. The van der Waals surface area contributed by atoms with Gasteiger partial charge in [-0.2, -0.15) is 0 Å². The van der Waals surface area contributed by atoms with Gasteiger partial charge in [-0.05, 0) is 29.8 Å². The van der Waals surface area contributed by atoms with Crippen LogP contribution < -0.4 is 5.32 Å². The predicted octanol–water partition coefficient (Wildman–Crippen LogP) is 7.63. The van der Waals surface area contributed by atoms with Crippen molar-refractivity contribution in [3.05, 3.63) is 73.4 Å². The number of hydrogen-bond donors (Lipinski definition) is 1. The highest BCUT2D eigenvalue weighted by Crippen LogP contribution is 2.40. The monoisotopic (exact) mass is 495 g/mol. The summed E-state index contributed by atoms with van der Waals surface area (Å²) in [4.78, 5) is 25.8. The second kappa shape index (κ2) is 8.57. The third-order valence-electron chi connectivity index (χ3n) is 4.36. The third-order valence-corrected chi connectivity index (χ3v) is 7.40. The van der Waals surface area contributed by atoms with Crippen LogP contribution in [0.1, 0.15) is 20.0 Å². The molecule has 152 valence electrons. The van der Waals surface area contributed by atoms with Gasteiger partial charge in [0.2, 0.25) is 0 Å². The van der Waals surface area contributed by atoms with Crippen LogP contribution in [0.4, 0.5) is 5.00 Å². The van der Waals surface area contributed by atoms with Gasteiger partial charge in [-0.25, -0.2) is 4.79 Å². The van der Waals surface area contributed by atoms with E-state index in [4.69, 9.17) is 39.5 Å². The molecule has 2 heterocycles. The Labute approximate surface area is 194 Å². The van der Waals surface area contributed by atoms with Gasteiger partial charge in [-0.3, -0.25) is 4.79 Å². The van der Waals surface area contributed by atoms with E-state index in [-0.39, 0.29) is 5.56 Å². The molecule has 0 aliphatic carbocycles. The van der Waals surface area contributed by atoms with Crippen molar-refractivity contribution in [2.24, 2.45) is 0 Å². The maximum absolute atomic E-state index is 13.0. The van der Waals surface area contributed by atoms with Crippen LogP contribution in [0.5, 0.6) is 0 Å². The molecule has 30 heavy (non-hydrogen) atoms. The molecule has 0 atom stereocenters. The van der Waals surface area contributed by atoms with Gasteiger partial charge in [0, 0.05) is 31.1 Å². The number of carbonyl (C=O) groups is 2. The van der Waals surface area contributed by atoms with Crippen LogP contribution in [0.2, 0.25) is 15.1 Å². The van der Waals surface area contributed by atoms with Gasteiger partial charge >= 0.3 is 5.97 Å². The first-order valence-electron chi connectivity index (χ1n) is 8.53. The number of nitrogens with one attached hydrogen (secondary N) is 1. The van der Waals surface area contributed by atoms with E-state index in [0.29, 0.717) is 30.5 Å². The molecule has 4 aromatic rings. The minimum Gasteiger partial charge on any atom is -0.465 e. The van der Waals surface area contributed by atoms with E-state index in [1.54, 1.807) is 47.8 Å². The molecule has 2 aromatic heterocycles. The second-order valence-electron chi connectivity index (χ2n) is 6.19. The standard InChI is InChI=1S/C21H12Cl3NO3S2/c1-28-21(27)16-14(10-2-4-11(22)5-3-10)9-29-20(16)25-19(26)18-17(24)13-7-6-12(23)8-15(13)30-18/h2-9H,1H3,(H,25,26). The Morgan fingerprint density at radius 3 is 2.40 bits per heavy atom. The van der Waals surface area contributed by atoms with Crippen LogP contribution in [0.3, 0.4) is 0 Å². The summed E-state index contributed by atoms with van der Waals surface area (Å²) < 4.78 is 5.75. The van der Waals surface area contributed by atoms with Crippen LogP contribution in [0, 0.1) is 0 Å². The Kier molecular flexibility index (Phi) is 6.04. The molecule has 1 amide bonds. The summed E-state index contributed by atoms with van der Waals surface area (Å²) in [5, 5.41) is 7.21. The van der Waals surface area contributed by atoms with Crippen molar-refractivity contribution < 1.29 is 14.3 Å². The highest BCUT2D eigenvalue weighted by Gasteiger charge is 2.24. The van der Waals surface area contributed by atoms with Crippen molar-refractivity contribution in [3.63, 3.8) is 0 Å². The van der Waals surface area contributed by atoms with Gasteiger partial charge in [0.05, 0.1) is 12.1 Å². The summed E-state index contributed by atoms with van der Waals surface area (Å²) in [6, 6.07) is 12.3. The molecular weight excluding hydrogens is 485 g/mol. The molecule has 0 unspecified atom stereocenters. The lowest BCUT2D eigenvalue weighted by Gasteiger charge is -2.07. The predicted molar refractivity (Wildman–Crippen MR) is 126 cm³/mol. The average molecular weight is 497 g/mol. The Balaban J connectivity index is 1.72. The number of esters is 1. The van der Waals surface area contributed by atoms with Crippen LogP contribution in [0.15, 0.2) is 47.8 Å². The minimum atomic E-state index is -0.550. The Bertz CT molecular complexity index is 1280. The number of hydrogen-bond acceptors (Lipinski definition) is 5. The lowest BCUT2D eigenvalue weighted by Crippen LogP contribution is -2.13. The molecule has 4 nitrogen and oxygen atoms in total. The number of methoxy groups -OCH3 is 1. The normalized spacial score (nSPS) is 10.9. The minimum absolute atomic E-state index is 0.276. The van der Waals surface area contributed by atoms with Gasteiger partial charge < -0.3 is 10.1 Å². The number of amides is 1. The van der Waals surface area contributed by atoms with Gasteiger partial charge in [-0.1, -0.05) is 53.0 Å². The van der Waals surface area contributed by atoms with E-state index in [1.807, 2.05) is 0 Å². The molecule has 0 aliphatic rings. The van der Waals surface area contributed by atoms with Crippen LogP contribution in [0.25, 0.3) is 21.2 Å². The van der Waals surface area contributed by atoms with Crippen LogP contribution in [-0.4, -0.2) is 19.0 Å². The van der Waals surface area contributed by atoms with E-state index in [9.17, 15) is 9.59 Å². The SMILES string of the molecule is COC(=O)c1c(-c2ccc(Cl)cc2)csc1NC(=O)c1sc2cc(Cl)ccc2c1Cl. The fraction of sp³-hybridized carbons (Fsp3) is 0.0476. The largest absolute Gasteiger partial charge is 0.465 e. The van der Waals surface area contributed by atoms with E-state index >= 15 is 0 Å². The Morgan fingerprint density at radius 1 is 1.00 bits per heavy atom. The zero-order valence-corrected chi connectivity index (χ0v) is 19.2. The van der Waals surface area contributed by atoms with Crippen molar-refractivity contribution in [1.82, 2.24) is 0 Å². The summed E-state index contributed by atoms with van der Waals surface area (Å²) in [6.45, 7) is 0. The van der Waals surface area contributed by atoms with Gasteiger partial charge in [0.1, 0.15) is 15.4 Å². The summed E-state index contributed by atoms with van der Waals surface area (Å²) in [7, 11) is 1.30. The van der Waals surface area contributed by atoms with E-state index in [0.717, 1.165) is 15.6 Å². The van der Waals surface area contributed by atoms with Gasteiger partial charge in [0.25, 0.3) is 5.91 Å². The second-order valence-corrected chi connectivity index (χ2v) is 9.37. The first-order valence-corrected chi connectivity index (χ1v) is 11.4. The Hall–Kier alpha value is -2.09. The highest BCUT2D eigenvalue weighted by atomic mass is 35.5. The summed E-state index contributed by atoms with van der Waals surface area (Å²) in [5.41, 5.74) is 1.71. The van der Waals surface area contributed by atoms with Crippen molar-refractivity contribution in [2.75, 3.05) is 12.4 Å². The van der Waals surface area contributed by atoms with Crippen molar-refractivity contribution in [2.45, 2.75) is 0 Å². The topological polar surface area (TPSA) is 55.4 Å². The first-order chi connectivity index (χ1) is 14.4. The summed E-state index contributed by atoms with van der Waals surface area (Å²) in [6.07, 6.45) is 0. The zero-order chi connectivity index (χ0) is 21.4. The molecule has 2 aromatic carbocycles. The molecular formula is C21H12Cl3NO3S2. The third kappa shape index (κ3) is 3.94. The molecule has 0 fully saturated rings. The summed E-state index contributed by atoms with van der Waals surface area (Å²) >= 11 is 20.9. The van der Waals surface area contributed by atoms with Gasteiger partial charge in [0.15, 0.2) is 0 Å².